The van der Waals surface area contributed by atoms with Crippen LogP contribution in [0, 0.1) is 0 Å². The molecule has 6 heteroatoms. The molecule has 1 N–H and O–H groups in total. The summed E-state index contributed by atoms with van der Waals surface area (Å²) in [5.74, 6) is 0.759. The van der Waals surface area contributed by atoms with Gasteiger partial charge in [0.15, 0.2) is 0 Å². The summed E-state index contributed by atoms with van der Waals surface area (Å²) >= 11 is 6.04. The molecule has 0 radical (unpaired) electrons. The number of hydrogen-bond donors (Lipinski definition) is 1. The first-order chi connectivity index (χ1) is 8.31. The molecule has 2 aromatic rings. The Kier molecular flexibility index (Phi) is 3.93. The highest BCUT2D eigenvalue weighted by atomic mass is 35.5. The minimum atomic E-state index is 0.504. The predicted molar refractivity (Wildman–Crippen MR) is 64.9 cm³/mol. The molecule has 0 aliphatic rings. The van der Waals surface area contributed by atoms with Crippen molar-refractivity contribution in [3.63, 3.8) is 0 Å². The van der Waals surface area contributed by atoms with E-state index in [0.29, 0.717) is 11.7 Å². The Morgan fingerprint density at radius 1 is 1.41 bits per heavy atom. The molecular weight excluding hydrogens is 240 g/mol. The molecule has 0 aromatic carbocycles. The Balaban J connectivity index is 2.11. The lowest BCUT2D eigenvalue weighted by Crippen LogP contribution is -2.06. The van der Waals surface area contributed by atoms with Crippen molar-refractivity contribution in [1.29, 1.82) is 0 Å². The number of halogens is 1. The lowest BCUT2D eigenvalue weighted by Gasteiger charge is -2.09. The summed E-state index contributed by atoms with van der Waals surface area (Å²) in [6.07, 6.45) is 4.83. The fraction of sp³-hybridized carbons (Fsp3) is 0.364. The first-order valence-corrected chi connectivity index (χ1v) is 5.81. The van der Waals surface area contributed by atoms with Crippen molar-refractivity contribution in [2.75, 3.05) is 5.32 Å². The van der Waals surface area contributed by atoms with Crippen LogP contribution in [0.3, 0.4) is 0 Å². The third-order valence-corrected chi connectivity index (χ3v) is 2.65. The third kappa shape index (κ3) is 2.94. The van der Waals surface area contributed by atoms with Crippen molar-refractivity contribution in [1.82, 2.24) is 15.1 Å². The van der Waals surface area contributed by atoms with Crippen LogP contribution in [0.5, 0.6) is 0 Å². The second kappa shape index (κ2) is 5.63. The van der Waals surface area contributed by atoms with E-state index in [4.69, 9.17) is 16.1 Å². The first-order valence-electron chi connectivity index (χ1n) is 5.43. The molecule has 2 heterocycles. The molecule has 2 rings (SSSR count). The molecule has 0 amide bonds. The van der Waals surface area contributed by atoms with E-state index >= 15 is 0 Å². The molecule has 5 nitrogen and oxygen atoms in total. The van der Waals surface area contributed by atoms with Crippen LogP contribution in [0.25, 0.3) is 0 Å². The van der Waals surface area contributed by atoms with Gasteiger partial charge >= 0.3 is 0 Å². The van der Waals surface area contributed by atoms with Crippen LogP contribution in [0.1, 0.15) is 24.6 Å². The minimum absolute atomic E-state index is 0.504. The van der Waals surface area contributed by atoms with E-state index in [-0.39, 0.29) is 0 Å². The monoisotopic (exact) mass is 252 g/mol. The fourth-order valence-electron chi connectivity index (χ4n) is 1.52. The van der Waals surface area contributed by atoms with Gasteiger partial charge in [0.1, 0.15) is 29.3 Å². The normalized spacial score (nSPS) is 10.5. The summed E-state index contributed by atoms with van der Waals surface area (Å²) in [6.45, 7) is 2.64. The van der Waals surface area contributed by atoms with Gasteiger partial charge in [-0.05, 0) is 6.42 Å². The lowest BCUT2D eigenvalue weighted by molar-refractivity contribution is 0.412. The minimum Gasteiger partial charge on any atom is -0.364 e. The molecule has 17 heavy (non-hydrogen) atoms. The number of aromatic nitrogens is 3. The van der Waals surface area contributed by atoms with Crippen molar-refractivity contribution >= 4 is 17.4 Å². The summed E-state index contributed by atoms with van der Waals surface area (Å²) in [7, 11) is 0. The first kappa shape index (κ1) is 11.9. The van der Waals surface area contributed by atoms with Gasteiger partial charge in [-0.3, -0.25) is 0 Å². The van der Waals surface area contributed by atoms with Crippen molar-refractivity contribution in [3.8, 4) is 0 Å². The molecule has 0 aliphatic heterocycles. The van der Waals surface area contributed by atoms with Crippen LogP contribution in [0.15, 0.2) is 23.2 Å². The molecule has 90 valence electrons. The van der Waals surface area contributed by atoms with Gasteiger partial charge < -0.3 is 9.84 Å². The third-order valence-electron chi connectivity index (χ3n) is 2.32. The Morgan fingerprint density at radius 3 is 3.00 bits per heavy atom. The summed E-state index contributed by atoms with van der Waals surface area (Å²) in [5, 5.41) is 7.50. The molecule has 0 bridgehead atoms. The zero-order chi connectivity index (χ0) is 12.1. The molecule has 0 saturated heterocycles. The van der Waals surface area contributed by atoms with Crippen LogP contribution in [0.4, 0.5) is 5.82 Å². The van der Waals surface area contributed by atoms with Gasteiger partial charge in [-0.25, -0.2) is 9.97 Å². The summed E-state index contributed by atoms with van der Waals surface area (Å²) in [6, 6.07) is 1.80. The Morgan fingerprint density at radius 2 is 2.29 bits per heavy atom. The Bertz CT molecular complexity index is 472. The molecule has 0 fully saturated rings. The van der Waals surface area contributed by atoms with E-state index in [1.807, 2.05) is 0 Å². The second-order valence-corrected chi connectivity index (χ2v) is 3.94. The average Bonchev–Trinajstić information content (AvgIpc) is 2.83. The Hall–Kier alpha value is -1.62. The summed E-state index contributed by atoms with van der Waals surface area (Å²) in [5.41, 5.74) is 1.77. The quantitative estimate of drug-likeness (QED) is 0.829. The Labute approximate surface area is 104 Å². The molecular formula is C11H13ClN4O. The van der Waals surface area contributed by atoms with Gasteiger partial charge in [0, 0.05) is 11.6 Å². The van der Waals surface area contributed by atoms with Crippen LogP contribution < -0.4 is 5.32 Å². The number of anilines is 1. The molecule has 0 aliphatic carbocycles. The van der Waals surface area contributed by atoms with Gasteiger partial charge in [0.25, 0.3) is 0 Å². The van der Waals surface area contributed by atoms with Crippen molar-refractivity contribution < 1.29 is 4.52 Å². The average molecular weight is 253 g/mol. The SMILES string of the molecule is CCCc1c(Cl)ncnc1NCc1ccon1. The van der Waals surface area contributed by atoms with E-state index in [0.717, 1.165) is 29.9 Å². The standard InChI is InChI=1S/C11H13ClN4O/c1-2-3-9-10(12)14-7-15-11(9)13-6-8-4-5-17-16-8/h4-5,7H,2-3,6H2,1H3,(H,13,14,15). The molecule has 0 saturated carbocycles. The maximum atomic E-state index is 6.04. The molecule has 0 unspecified atom stereocenters. The van der Waals surface area contributed by atoms with Crippen molar-refractivity contribution in [2.45, 2.75) is 26.3 Å². The highest BCUT2D eigenvalue weighted by molar-refractivity contribution is 6.30. The maximum Gasteiger partial charge on any atom is 0.137 e. The van der Waals surface area contributed by atoms with E-state index < -0.39 is 0 Å². The van der Waals surface area contributed by atoms with E-state index in [9.17, 15) is 0 Å². The van der Waals surface area contributed by atoms with E-state index in [1.165, 1.54) is 12.6 Å². The van der Waals surface area contributed by atoms with Crippen LogP contribution in [0.2, 0.25) is 5.15 Å². The lowest BCUT2D eigenvalue weighted by atomic mass is 10.2. The van der Waals surface area contributed by atoms with Gasteiger partial charge in [-0.15, -0.1) is 0 Å². The maximum absolute atomic E-state index is 6.04. The largest absolute Gasteiger partial charge is 0.364 e. The fourth-order valence-corrected chi connectivity index (χ4v) is 1.75. The smallest absolute Gasteiger partial charge is 0.137 e. The van der Waals surface area contributed by atoms with E-state index in [1.54, 1.807) is 6.07 Å². The molecule has 2 aromatic heterocycles. The predicted octanol–water partition coefficient (Wildman–Crippen LogP) is 2.68. The number of rotatable bonds is 5. The summed E-state index contributed by atoms with van der Waals surface area (Å²) in [4.78, 5) is 8.18. The topological polar surface area (TPSA) is 63.8 Å². The van der Waals surface area contributed by atoms with Crippen molar-refractivity contribution in [3.05, 3.63) is 35.1 Å². The van der Waals surface area contributed by atoms with Gasteiger partial charge in [0.2, 0.25) is 0 Å². The van der Waals surface area contributed by atoms with Crippen LogP contribution in [-0.4, -0.2) is 15.1 Å². The number of nitrogens with zero attached hydrogens (tertiary/aromatic N) is 3. The highest BCUT2D eigenvalue weighted by Gasteiger charge is 2.09. The van der Waals surface area contributed by atoms with Crippen LogP contribution in [-0.2, 0) is 13.0 Å². The zero-order valence-corrected chi connectivity index (χ0v) is 10.2. The second-order valence-electron chi connectivity index (χ2n) is 3.59. The highest BCUT2D eigenvalue weighted by Crippen LogP contribution is 2.21. The van der Waals surface area contributed by atoms with Crippen LogP contribution >= 0.6 is 11.6 Å². The zero-order valence-electron chi connectivity index (χ0n) is 9.48. The van der Waals surface area contributed by atoms with Crippen molar-refractivity contribution in [2.24, 2.45) is 0 Å². The van der Waals surface area contributed by atoms with Gasteiger partial charge in [0.05, 0.1) is 6.54 Å². The number of nitrogens with one attached hydrogen (secondary N) is 1. The number of hydrogen-bond acceptors (Lipinski definition) is 5. The molecule has 0 atom stereocenters. The molecule has 0 spiro atoms. The van der Waals surface area contributed by atoms with Gasteiger partial charge in [-0.2, -0.15) is 0 Å². The van der Waals surface area contributed by atoms with Gasteiger partial charge in [-0.1, -0.05) is 30.1 Å². The summed E-state index contributed by atoms with van der Waals surface area (Å²) < 4.78 is 4.76. The van der Waals surface area contributed by atoms with E-state index in [2.05, 4.69) is 27.4 Å².